The summed E-state index contributed by atoms with van der Waals surface area (Å²) in [5.74, 6) is 1.17. The van der Waals surface area contributed by atoms with E-state index >= 15 is 0 Å². The van der Waals surface area contributed by atoms with Gasteiger partial charge in [0.25, 0.3) is 0 Å². The van der Waals surface area contributed by atoms with Gasteiger partial charge in [0.1, 0.15) is 11.9 Å². The number of amides is 1. The lowest BCUT2D eigenvalue weighted by atomic mass is 10.1. The van der Waals surface area contributed by atoms with Crippen LogP contribution in [0.2, 0.25) is 0 Å². The normalized spacial score (nSPS) is 15.4. The Morgan fingerprint density at radius 3 is 2.48 bits per heavy atom. The maximum absolute atomic E-state index is 11.9. The van der Waals surface area contributed by atoms with E-state index in [0.717, 1.165) is 38.2 Å². The van der Waals surface area contributed by atoms with E-state index in [9.17, 15) is 4.79 Å². The molecule has 1 aromatic rings. The summed E-state index contributed by atoms with van der Waals surface area (Å²) in [6.07, 6.45) is 2.64. The van der Waals surface area contributed by atoms with Crippen LogP contribution in [0.4, 0.5) is 0 Å². The molecule has 5 heteroatoms. The lowest BCUT2D eigenvalue weighted by molar-refractivity contribution is -0.132. The van der Waals surface area contributed by atoms with Gasteiger partial charge in [-0.1, -0.05) is 17.7 Å². The number of likely N-dealkylation sites (tertiary alicyclic amines) is 1. The zero-order valence-electron chi connectivity index (χ0n) is 12.8. The van der Waals surface area contributed by atoms with Gasteiger partial charge in [0.15, 0.2) is 0 Å². The molecule has 1 aromatic carbocycles. The largest absolute Gasteiger partial charge is 0.490 e. The third-order valence-electron chi connectivity index (χ3n) is 3.71. The minimum Gasteiger partial charge on any atom is -0.490 e. The van der Waals surface area contributed by atoms with Crippen LogP contribution in [0.25, 0.3) is 0 Å². The summed E-state index contributed by atoms with van der Waals surface area (Å²) in [5, 5.41) is 3.01. The van der Waals surface area contributed by atoms with Crippen LogP contribution in [0.5, 0.6) is 5.75 Å². The summed E-state index contributed by atoms with van der Waals surface area (Å²) in [4.78, 5) is 13.9. The van der Waals surface area contributed by atoms with E-state index in [4.69, 9.17) is 4.74 Å². The lowest BCUT2D eigenvalue weighted by Crippen LogP contribution is -2.42. The lowest BCUT2D eigenvalue weighted by Gasteiger charge is -2.32. The average Bonchev–Trinajstić information content (AvgIpc) is 2.48. The first-order chi connectivity index (χ1) is 9.69. The van der Waals surface area contributed by atoms with Crippen molar-refractivity contribution < 1.29 is 9.53 Å². The highest BCUT2D eigenvalue weighted by Gasteiger charge is 2.23. The number of hydrogen-bond donors (Lipinski definition) is 1. The van der Waals surface area contributed by atoms with Crippen LogP contribution in [0.15, 0.2) is 24.3 Å². The zero-order chi connectivity index (χ0) is 14.4. The minimum absolute atomic E-state index is 0. The molecule has 21 heavy (non-hydrogen) atoms. The van der Waals surface area contributed by atoms with Gasteiger partial charge in [-0.2, -0.15) is 0 Å². The molecule has 0 atom stereocenters. The predicted molar refractivity (Wildman–Crippen MR) is 87.2 cm³/mol. The van der Waals surface area contributed by atoms with Crippen molar-refractivity contribution in [1.29, 1.82) is 0 Å². The van der Waals surface area contributed by atoms with Crippen LogP contribution in [-0.4, -0.2) is 43.6 Å². The number of piperidine rings is 1. The van der Waals surface area contributed by atoms with Gasteiger partial charge in [0.2, 0.25) is 5.91 Å². The van der Waals surface area contributed by atoms with Gasteiger partial charge in [0, 0.05) is 38.9 Å². The molecular weight excluding hydrogens is 288 g/mol. The molecule has 1 fully saturated rings. The van der Waals surface area contributed by atoms with Crippen LogP contribution >= 0.6 is 12.4 Å². The molecule has 0 saturated carbocycles. The predicted octanol–water partition coefficient (Wildman–Crippen LogP) is 2.40. The molecule has 0 radical (unpaired) electrons. The van der Waals surface area contributed by atoms with E-state index in [-0.39, 0.29) is 24.4 Å². The second kappa shape index (κ2) is 8.90. The summed E-state index contributed by atoms with van der Waals surface area (Å²) in [6, 6.07) is 8.15. The van der Waals surface area contributed by atoms with Crippen molar-refractivity contribution >= 4 is 18.3 Å². The molecule has 1 aliphatic rings. The number of benzene rings is 1. The van der Waals surface area contributed by atoms with Crippen molar-refractivity contribution in [3.63, 3.8) is 0 Å². The highest BCUT2D eigenvalue weighted by molar-refractivity contribution is 5.85. The van der Waals surface area contributed by atoms with Crippen LogP contribution < -0.4 is 10.1 Å². The Morgan fingerprint density at radius 1 is 1.29 bits per heavy atom. The van der Waals surface area contributed by atoms with Gasteiger partial charge >= 0.3 is 0 Å². The SMILES string of the molecule is CNCCC(=O)N1CCC(Oc2ccc(C)cc2)CC1.Cl. The second-order valence-electron chi connectivity index (χ2n) is 5.36. The highest BCUT2D eigenvalue weighted by Crippen LogP contribution is 2.19. The smallest absolute Gasteiger partial charge is 0.223 e. The molecular formula is C16H25ClN2O2. The van der Waals surface area contributed by atoms with Crippen molar-refractivity contribution in [2.24, 2.45) is 0 Å². The van der Waals surface area contributed by atoms with E-state index in [1.807, 2.05) is 24.1 Å². The van der Waals surface area contributed by atoms with Crippen LogP contribution in [-0.2, 0) is 4.79 Å². The monoisotopic (exact) mass is 312 g/mol. The molecule has 1 saturated heterocycles. The maximum atomic E-state index is 11.9. The molecule has 4 nitrogen and oxygen atoms in total. The van der Waals surface area contributed by atoms with E-state index in [0.29, 0.717) is 6.42 Å². The van der Waals surface area contributed by atoms with Gasteiger partial charge in [-0.25, -0.2) is 0 Å². The molecule has 0 unspecified atom stereocenters. The molecule has 1 amide bonds. The highest BCUT2D eigenvalue weighted by atomic mass is 35.5. The Bertz CT molecular complexity index is 428. The van der Waals surface area contributed by atoms with E-state index < -0.39 is 0 Å². The summed E-state index contributed by atoms with van der Waals surface area (Å²) in [6.45, 7) is 4.43. The van der Waals surface area contributed by atoms with Gasteiger partial charge < -0.3 is 15.0 Å². The Balaban J connectivity index is 0.00000220. The number of ether oxygens (including phenoxy) is 1. The van der Waals surface area contributed by atoms with Crippen LogP contribution in [0.3, 0.4) is 0 Å². The molecule has 0 bridgehead atoms. The molecule has 1 N–H and O–H groups in total. The Hall–Kier alpha value is -1.26. The number of rotatable bonds is 5. The first-order valence-electron chi connectivity index (χ1n) is 7.34. The fourth-order valence-corrected chi connectivity index (χ4v) is 2.42. The number of nitrogens with zero attached hydrogens (tertiary/aromatic N) is 1. The topological polar surface area (TPSA) is 41.6 Å². The van der Waals surface area contributed by atoms with Gasteiger partial charge in [-0.15, -0.1) is 12.4 Å². The first-order valence-corrected chi connectivity index (χ1v) is 7.34. The Kier molecular flexibility index (Phi) is 7.54. The summed E-state index contributed by atoms with van der Waals surface area (Å²) >= 11 is 0. The fraction of sp³-hybridized carbons (Fsp3) is 0.562. The standard InChI is InChI=1S/C16H24N2O2.ClH/c1-13-3-5-14(6-4-13)20-15-8-11-18(12-9-15)16(19)7-10-17-2;/h3-6,15,17H,7-12H2,1-2H3;1H. The van der Waals surface area contributed by atoms with E-state index in [2.05, 4.69) is 24.4 Å². The third-order valence-corrected chi connectivity index (χ3v) is 3.71. The molecule has 0 aliphatic carbocycles. The van der Waals surface area contributed by atoms with E-state index in [1.54, 1.807) is 0 Å². The maximum Gasteiger partial charge on any atom is 0.223 e. The summed E-state index contributed by atoms with van der Waals surface area (Å²) in [7, 11) is 1.87. The molecule has 2 rings (SSSR count). The minimum atomic E-state index is 0. The van der Waals surface area contributed by atoms with Crippen molar-refractivity contribution in [3.05, 3.63) is 29.8 Å². The first kappa shape index (κ1) is 17.8. The molecule has 1 aliphatic heterocycles. The van der Waals surface area contributed by atoms with Gasteiger partial charge in [-0.3, -0.25) is 4.79 Å². The average molecular weight is 313 g/mol. The summed E-state index contributed by atoms with van der Waals surface area (Å²) < 4.78 is 5.97. The van der Waals surface area contributed by atoms with Crippen molar-refractivity contribution in [2.45, 2.75) is 32.3 Å². The quantitative estimate of drug-likeness (QED) is 0.908. The number of halogens is 1. The zero-order valence-corrected chi connectivity index (χ0v) is 13.6. The van der Waals surface area contributed by atoms with E-state index in [1.165, 1.54) is 5.56 Å². The van der Waals surface area contributed by atoms with Crippen molar-refractivity contribution in [1.82, 2.24) is 10.2 Å². The molecule has 118 valence electrons. The molecule has 1 heterocycles. The van der Waals surface area contributed by atoms with Gasteiger partial charge in [0.05, 0.1) is 0 Å². The molecule has 0 aromatic heterocycles. The van der Waals surface area contributed by atoms with Gasteiger partial charge in [-0.05, 0) is 26.1 Å². The number of aryl methyl sites for hydroxylation is 1. The Labute approximate surface area is 133 Å². The Morgan fingerprint density at radius 2 is 1.90 bits per heavy atom. The van der Waals surface area contributed by atoms with Crippen LogP contribution in [0, 0.1) is 6.92 Å². The summed E-state index contributed by atoms with van der Waals surface area (Å²) in [5.41, 5.74) is 1.24. The molecule has 0 spiro atoms. The number of carbonyl (C=O) groups excluding carboxylic acids is 1. The third kappa shape index (κ3) is 5.56. The fourth-order valence-electron chi connectivity index (χ4n) is 2.42. The number of carbonyl (C=O) groups is 1. The van der Waals surface area contributed by atoms with Crippen molar-refractivity contribution in [2.75, 3.05) is 26.7 Å². The number of nitrogens with one attached hydrogen (secondary N) is 1. The van der Waals surface area contributed by atoms with Crippen LogP contribution in [0.1, 0.15) is 24.8 Å². The second-order valence-corrected chi connectivity index (χ2v) is 5.36. The van der Waals surface area contributed by atoms with Crippen molar-refractivity contribution in [3.8, 4) is 5.75 Å². The number of hydrogen-bond acceptors (Lipinski definition) is 3.